The van der Waals surface area contributed by atoms with Crippen LogP contribution in [0.15, 0.2) is 35.8 Å². The van der Waals surface area contributed by atoms with E-state index in [2.05, 4.69) is 15.4 Å². The summed E-state index contributed by atoms with van der Waals surface area (Å²) >= 11 is 1.38. The number of carbonyl (C=O) groups is 1. The first-order valence-electron chi connectivity index (χ1n) is 7.14. The zero-order chi connectivity index (χ0) is 16.4. The van der Waals surface area contributed by atoms with E-state index >= 15 is 0 Å². The predicted molar refractivity (Wildman–Crippen MR) is 87.7 cm³/mol. The van der Waals surface area contributed by atoms with E-state index in [0.29, 0.717) is 22.8 Å². The van der Waals surface area contributed by atoms with Gasteiger partial charge < -0.3 is 0 Å². The third kappa shape index (κ3) is 3.14. The van der Waals surface area contributed by atoms with E-state index in [-0.39, 0.29) is 11.7 Å². The Kier molecular flexibility index (Phi) is 4.20. The Morgan fingerprint density at radius 3 is 2.70 bits per heavy atom. The molecular formula is C16H15FN4OS. The lowest BCUT2D eigenvalue weighted by Crippen LogP contribution is -2.14. The van der Waals surface area contributed by atoms with Crippen LogP contribution in [0.1, 0.15) is 28.7 Å². The zero-order valence-electron chi connectivity index (χ0n) is 12.7. The number of benzene rings is 1. The highest BCUT2D eigenvalue weighted by molar-refractivity contribution is 7.13. The average molecular weight is 330 g/mol. The number of hydrogen-bond donors (Lipinski definition) is 1. The van der Waals surface area contributed by atoms with Gasteiger partial charge in [-0.25, -0.2) is 14.1 Å². The van der Waals surface area contributed by atoms with Gasteiger partial charge in [-0.1, -0.05) is 6.92 Å². The van der Waals surface area contributed by atoms with Crippen LogP contribution in [0.2, 0.25) is 0 Å². The van der Waals surface area contributed by atoms with E-state index < -0.39 is 0 Å². The fraction of sp³-hybridized carbons (Fsp3) is 0.188. The Morgan fingerprint density at radius 2 is 2.09 bits per heavy atom. The van der Waals surface area contributed by atoms with E-state index in [9.17, 15) is 9.18 Å². The first kappa shape index (κ1) is 15.4. The van der Waals surface area contributed by atoms with Crippen molar-refractivity contribution >= 4 is 22.4 Å². The molecule has 118 valence electrons. The Balaban J connectivity index is 1.91. The summed E-state index contributed by atoms with van der Waals surface area (Å²) in [4.78, 5) is 16.7. The monoisotopic (exact) mass is 330 g/mol. The standard InChI is InChI=1S/C16H15FN4OS/c1-3-14-13(15(22)20-16-19-10(2)9-23-16)8-18-21(14)12-6-4-11(17)5-7-12/h4-9H,3H2,1-2H3,(H,19,20,22). The van der Waals surface area contributed by atoms with Crippen LogP contribution in [0.4, 0.5) is 9.52 Å². The van der Waals surface area contributed by atoms with Crippen molar-refractivity contribution in [2.75, 3.05) is 5.32 Å². The van der Waals surface area contributed by atoms with E-state index in [4.69, 9.17) is 0 Å². The molecule has 0 atom stereocenters. The lowest BCUT2D eigenvalue weighted by molar-refractivity contribution is 0.102. The molecule has 1 aromatic carbocycles. The number of hydrogen-bond acceptors (Lipinski definition) is 4. The fourth-order valence-corrected chi connectivity index (χ4v) is 2.97. The molecule has 0 radical (unpaired) electrons. The van der Waals surface area contributed by atoms with Gasteiger partial charge in [0.1, 0.15) is 5.82 Å². The van der Waals surface area contributed by atoms with E-state index in [1.54, 1.807) is 16.8 Å². The number of nitrogens with zero attached hydrogens (tertiary/aromatic N) is 3. The van der Waals surface area contributed by atoms with Gasteiger partial charge in [-0.15, -0.1) is 11.3 Å². The third-order valence-electron chi connectivity index (χ3n) is 3.36. The number of aryl methyl sites for hydroxylation is 1. The Bertz CT molecular complexity index is 838. The Labute approximate surface area is 136 Å². The molecule has 0 spiro atoms. The van der Waals surface area contributed by atoms with E-state index in [1.165, 1.54) is 29.7 Å². The third-order valence-corrected chi connectivity index (χ3v) is 4.23. The van der Waals surface area contributed by atoms with Crippen LogP contribution in [0.5, 0.6) is 0 Å². The highest BCUT2D eigenvalue weighted by Crippen LogP contribution is 2.19. The summed E-state index contributed by atoms with van der Waals surface area (Å²) < 4.78 is 14.7. The molecule has 2 aromatic heterocycles. The van der Waals surface area contributed by atoms with Crippen molar-refractivity contribution in [3.8, 4) is 5.69 Å². The highest BCUT2D eigenvalue weighted by Gasteiger charge is 2.18. The number of rotatable bonds is 4. The lowest BCUT2D eigenvalue weighted by atomic mass is 10.2. The molecule has 5 nitrogen and oxygen atoms in total. The molecule has 0 aliphatic heterocycles. The maximum Gasteiger partial charge on any atom is 0.260 e. The maximum absolute atomic E-state index is 13.1. The van der Waals surface area contributed by atoms with Gasteiger partial charge in [-0.05, 0) is 37.6 Å². The summed E-state index contributed by atoms with van der Waals surface area (Å²) in [5, 5.41) is 9.49. The molecule has 1 N–H and O–H groups in total. The molecule has 3 rings (SSSR count). The van der Waals surface area contributed by atoms with Crippen molar-refractivity contribution in [2.24, 2.45) is 0 Å². The average Bonchev–Trinajstić information content (AvgIpc) is 3.14. The van der Waals surface area contributed by atoms with Crippen molar-refractivity contribution in [1.82, 2.24) is 14.8 Å². The summed E-state index contributed by atoms with van der Waals surface area (Å²) in [5.74, 6) is -0.555. The first-order chi connectivity index (χ1) is 11.1. The summed E-state index contributed by atoms with van der Waals surface area (Å²) in [6.07, 6.45) is 2.15. The van der Waals surface area contributed by atoms with E-state index in [0.717, 1.165) is 11.4 Å². The Morgan fingerprint density at radius 1 is 1.35 bits per heavy atom. The molecule has 3 aromatic rings. The van der Waals surface area contributed by atoms with Gasteiger partial charge >= 0.3 is 0 Å². The van der Waals surface area contributed by atoms with E-state index in [1.807, 2.05) is 19.2 Å². The van der Waals surface area contributed by atoms with Gasteiger partial charge in [0.15, 0.2) is 5.13 Å². The van der Waals surface area contributed by atoms with Crippen LogP contribution in [-0.2, 0) is 6.42 Å². The molecule has 0 aliphatic rings. The second-order valence-corrected chi connectivity index (χ2v) is 5.85. The molecule has 1 amide bonds. The van der Waals surface area contributed by atoms with Crippen molar-refractivity contribution in [1.29, 1.82) is 0 Å². The number of anilines is 1. The van der Waals surface area contributed by atoms with Crippen LogP contribution in [0.25, 0.3) is 5.69 Å². The second-order valence-electron chi connectivity index (χ2n) is 4.99. The van der Waals surface area contributed by atoms with Crippen molar-refractivity contribution in [2.45, 2.75) is 20.3 Å². The molecule has 0 fully saturated rings. The quantitative estimate of drug-likeness (QED) is 0.795. The largest absolute Gasteiger partial charge is 0.298 e. The van der Waals surface area contributed by atoms with Gasteiger partial charge in [-0.3, -0.25) is 10.1 Å². The van der Waals surface area contributed by atoms with Crippen molar-refractivity contribution < 1.29 is 9.18 Å². The number of nitrogens with one attached hydrogen (secondary N) is 1. The molecular weight excluding hydrogens is 315 g/mol. The van der Waals surface area contributed by atoms with Crippen molar-refractivity contribution in [3.05, 3.63) is 58.6 Å². The molecule has 23 heavy (non-hydrogen) atoms. The number of thiazole rings is 1. The smallest absolute Gasteiger partial charge is 0.260 e. The lowest BCUT2D eigenvalue weighted by Gasteiger charge is -2.07. The molecule has 0 saturated carbocycles. The van der Waals surface area contributed by atoms with Crippen LogP contribution < -0.4 is 5.32 Å². The normalized spacial score (nSPS) is 10.7. The van der Waals surface area contributed by atoms with Gasteiger partial charge in [-0.2, -0.15) is 5.10 Å². The summed E-state index contributed by atoms with van der Waals surface area (Å²) in [7, 11) is 0. The Hall–Kier alpha value is -2.54. The molecule has 7 heteroatoms. The molecule has 0 unspecified atom stereocenters. The number of carbonyl (C=O) groups excluding carboxylic acids is 1. The summed E-state index contributed by atoms with van der Waals surface area (Å²) in [5.41, 5.74) is 2.84. The highest BCUT2D eigenvalue weighted by atomic mass is 32.1. The number of halogens is 1. The van der Waals surface area contributed by atoms with Crippen LogP contribution in [0.3, 0.4) is 0 Å². The topological polar surface area (TPSA) is 59.8 Å². The SMILES string of the molecule is CCc1c(C(=O)Nc2nc(C)cs2)cnn1-c1ccc(F)cc1. The molecule has 0 aliphatic carbocycles. The predicted octanol–water partition coefficient (Wildman–Crippen LogP) is 3.59. The molecule has 0 saturated heterocycles. The maximum atomic E-state index is 13.1. The van der Waals surface area contributed by atoms with Gasteiger partial charge in [0.2, 0.25) is 0 Å². The number of amides is 1. The fourth-order valence-electron chi connectivity index (χ4n) is 2.28. The van der Waals surface area contributed by atoms with Crippen LogP contribution >= 0.6 is 11.3 Å². The minimum atomic E-state index is -0.309. The molecule has 2 heterocycles. The zero-order valence-corrected chi connectivity index (χ0v) is 13.5. The van der Waals surface area contributed by atoms with Crippen LogP contribution in [0, 0.1) is 12.7 Å². The summed E-state index contributed by atoms with van der Waals surface area (Å²) in [6, 6.07) is 6.00. The van der Waals surface area contributed by atoms with Gasteiger partial charge in [0.25, 0.3) is 5.91 Å². The number of aromatic nitrogens is 3. The second kappa shape index (κ2) is 6.29. The van der Waals surface area contributed by atoms with Gasteiger partial charge in [0, 0.05) is 5.38 Å². The van der Waals surface area contributed by atoms with Crippen molar-refractivity contribution in [3.63, 3.8) is 0 Å². The van der Waals surface area contributed by atoms with Gasteiger partial charge in [0.05, 0.1) is 28.8 Å². The van der Waals surface area contributed by atoms with Crippen LogP contribution in [-0.4, -0.2) is 20.7 Å². The minimum absolute atomic E-state index is 0.246. The summed E-state index contributed by atoms with van der Waals surface area (Å²) in [6.45, 7) is 3.82. The molecule has 0 bridgehead atoms. The minimum Gasteiger partial charge on any atom is -0.298 e. The first-order valence-corrected chi connectivity index (χ1v) is 8.02.